The predicted molar refractivity (Wildman–Crippen MR) is 133 cm³/mol. The summed E-state index contributed by atoms with van der Waals surface area (Å²) in [6.45, 7) is 3.26. The van der Waals surface area contributed by atoms with Crippen LogP contribution in [0.1, 0.15) is 45.7 Å². The van der Waals surface area contributed by atoms with Crippen molar-refractivity contribution in [3.8, 4) is 0 Å². The lowest BCUT2D eigenvalue weighted by atomic mass is 10.0. The van der Waals surface area contributed by atoms with E-state index < -0.39 is 11.9 Å². The number of benzene rings is 3. The fraction of sp³-hybridized carbons (Fsp3) is 0.250. The van der Waals surface area contributed by atoms with Crippen LogP contribution in [0, 0.1) is 5.82 Å². The van der Waals surface area contributed by atoms with E-state index in [0.29, 0.717) is 43.0 Å². The van der Waals surface area contributed by atoms with Crippen molar-refractivity contribution in [3.63, 3.8) is 0 Å². The molecule has 0 aliphatic carbocycles. The largest absolute Gasteiger partial charge is 0.366 e. The molecule has 0 saturated carbocycles. The molecule has 1 atom stereocenters. The van der Waals surface area contributed by atoms with E-state index in [4.69, 9.17) is 0 Å². The molecule has 3 aromatic carbocycles. The van der Waals surface area contributed by atoms with E-state index in [1.54, 1.807) is 41.3 Å². The summed E-state index contributed by atoms with van der Waals surface area (Å²) in [4.78, 5) is 41.1. The molecule has 0 bridgehead atoms. The number of ketones is 1. The quantitative estimate of drug-likeness (QED) is 0.521. The van der Waals surface area contributed by atoms with E-state index in [-0.39, 0.29) is 24.0 Å². The number of hydrogen-bond acceptors (Lipinski definition) is 4. The molecule has 2 amide bonds. The fourth-order valence-corrected chi connectivity index (χ4v) is 4.25. The molecular formula is C28H28FN3O3. The second-order valence-electron chi connectivity index (χ2n) is 8.60. The number of halogens is 1. The van der Waals surface area contributed by atoms with Crippen LogP contribution >= 0.6 is 0 Å². The average Bonchev–Trinajstić information content (AvgIpc) is 2.89. The molecule has 35 heavy (non-hydrogen) atoms. The third-order valence-electron chi connectivity index (χ3n) is 6.25. The second kappa shape index (κ2) is 11.0. The van der Waals surface area contributed by atoms with Crippen LogP contribution in [0.25, 0.3) is 0 Å². The maximum absolute atomic E-state index is 14.6. The minimum atomic E-state index is -0.467. The number of anilines is 1. The number of nitrogens with one attached hydrogen (secondary N) is 1. The van der Waals surface area contributed by atoms with Crippen molar-refractivity contribution in [2.24, 2.45) is 0 Å². The third kappa shape index (κ3) is 5.93. The van der Waals surface area contributed by atoms with Gasteiger partial charge >= 0.3 is 0 Å². The molecule has 6 nitrogen and oxygen atoms in total. The summed E-state index contributed by atoms with van der Waals surface area (Å²) in [5.41, 5.74) is 2.16. The van der Waals surface area contributed by atoms with Crippen LogP contribution in [-0.2, 0) is 4.79 Å². The summed E-state index contributed by atoms with van der Waals surface area (Å²) in [5.74, 6) is -0.927. The van der Waals surface area contributed by atoms with Crippen LogP contribution in [0.15, 0.2) is 78.9 Å². The molecule has 4 rings (SSSR count). The monoisotopic (exact) mass is 473 g/mol. The Kier molecular flexibility index (Phi) is 7.55. The zero-order valence-corrected chi connectivity index (χ0v) is 19.6. The highest BCUT2D eigenvalue weighted by Crippen LogP contribution is 2.24. The summed E-state index contributed by atoms with van der Waals surface area (Å²) in [7, 11) is 0. The van der Waals surface area contributed by atoms with E-state index in [9.17, 15) is 18.8 Å². The lowest BCUT2D eigenvalue weighted by molar-refractivity contribution is -0.132. The Balaban J connectivity index is 1.41. The highest BCUT2D eigenvalue weighted by Gasteiger charge is 2.26. The van der Waals surface area contributed by atoms with E-state index >= 15 is 0 Å². The van der Waals surface area contributed by atoms with Gasteiger partial charge in [-0.2, -0.15) is 0 Å². The summed E-state index contributed by atoms with van der Waals surface area (Å²) in [6, 6.07) is 22.4. The maximum Gasteiger partial charge on any atom is 0.251 e. The smallest absolute Gasteiger partial charge is 0.251 e. The molecule has 1 N–H and O–H groups in total. The maximum atomic E-state index is 14.6. The van der Waals surface area contributed by atoms with Crippen LogP contribution in [0.2, 0.25) is 0 Å². The molecule has 0 aromatic heterocycles. The van der Waals surface area contributed by atoms with Gasteiger partial charge in [0.15, 0.2) is 5.78 Å². The first-order chi connectivity index (χ1) is 16.9. The molecule has 1 saturated heterocycles. The first-order valence-corrected chi connectivity index (χ1v) is 11.7. The second-order valence-corrected chi connectivity index (χ2v) is 8.60. The number of rotatable bonds is 7. The van der Waals surface area contributed by atoms with Crippen molar-refractivity contribution in [1.29, 1.82) is 0 Å². The normalized spacial score (nSPS) is 14.3. The van der Waals surface area contributed by atoms with Gasteiger partial charge in [0.1, 0.15) is 5.82 Å². The van der Waals surface area contributed by atoms with Gasteiger partial charge in [-0.3, -0.25) is 14.4 Å². The van der Waals surface area contributed by atoms with Gasteiger partial charge in [0.05, 0.1) is 18.2 Å². The molecule has 1 fully saturated rings. The van der Waals surface area contributed by atoms with Crippen LogP contribution in [0.3, 0.4) is 0 Å². The Hall–Kier alpha value is -4.00. The Bertz CT molecular complexity index is 1190. The zero-order valence-electron chi connectivity index (χ0n) is 19.6. The molecule has 1 unspecified atom stereocenters. The van der Waals surface area contributed by atoms with E-state index in [2.05, 4.69) is 5.32 Å². The van der Waals surface area contributed by atoms with Crippen molar-refractivity contribution in [1.82, 2.24) is 10.2 Å². The lowest BCUT2D eigenvalue weighted by Gasteiger charge is -2.37. The molecular weight excluding hydrogens is 445 g/mol. The first-order valence-electron chi connectivity index (χ1n) is 11.7. The molecule has 0 radical (unpaired) electrons. The van der Waals surface area contributed by atoms with Crippen molar-refractivity contribution in [2.75, 3.05) is 31.1 Å². The summed E-state index contributed by atoms with van der Waals surface area (Å²) >= 11 is 0. The molecule has 0 spiro atoms. The number of amides is 2. The van der Waals surface area contributed by atoms with Crippen molar-refractivity contribution in [2.45, 2.75) is 19.4 Å². The van der Waals surface area contributed by atoms with E-state index in [1.165, 1.54) is 13.0 Å². The van der Waals surface area contributed by atoms with Crippen LogP contribution in [-0.4, -0.2) is 48.7 Å². The van der Waals surface area contributed by atoms with Crippen LogP contribution < -0.4 is 10.2 Å². The number of carbonyl (C=O) groups is 3. The molecule has 3 aromatic rings. The highest BCUT2D eigenvalue weighted by molar-refractivity contribution is 5.95. The number of piperazine rings is 1. The molecule has 1 heterocycles. The minimum absolute atomic E-state index is 0.0701. The van der Waals surface area contributed by atoms with Gasteiger partial charge in [0, 0.05) is 37.3 Å². The van der Waals surface area contributed by atoms with E-state index in [0.717, 1.165) is 5.56 Å². The summed E-state index contributed by atoms with van der Waals surface area (Å²) < 4.78 is 14.6. The van der Waals surface area contributed by atoms with Gasteiger partial charge in [0.2, 0.25) is 5.91 Å². The number of Topliss-reactive ketones (excluding diaryl/α,β-unsaturated/α-hetero) is 1. The number of hydrogen-bond donors (Lipinski definition) is 1. The zero-order chi connectivity index (χ0) is 24.8. The minimum Gasteiger partial charge on any atom is -0.366 e. The molecule has 180 valence electrons. The van der Waals surface area contributed by atoms with Crippen molar-refractivity contribution in [3.05, 3.63) is 101 Å². The molecule has 7 heteroatoms. The highest BCUT2D eigenvalue weighted by atomic mass is 19.1. The van der Waals surface area contributed by atoms with Crippen LogP contribution in [0.4, 0.5) is 10.1 Å². The first kappa shape index (κ1) is 24.1. The Labute approximate surface area is 204 Å². The Morgan fingerprint density at radius 1 is 0.857 bits per heavy atom. The number of nitrogens with zero attached hydrogens (tertiary/aromatic N) is 2. The van der Waals surface area contributed by atoms with Gasteiger partial charge in [0.25, 0.3) is 5.91 Å². The van der Waals surface area contributed by atoms with Gasteiger partial charge < -0.3 is 15.1 Å². The lowest BCUT2D eigenvalue weighted by Crippen LogP contribution is -2.49. The van der Waals surface area contributed by atoms with Crippen molar-refractivity contribution < 1.29 is 18.8 Å². The number of carbonyl (C=O) groups excluding carboxylic acids is 3. The average molecular weight is 474 g/mol. The molecule has 1 aliphatic heterocycles. The van der Waals surface area contributed by atoms with Gasteiger partial charge in [-0.25, -0.2) is 4.39 Å². The van der Waals surface area contributed by atoms with Gasteiger partial charge in [-0.15, -0.1) is 0 Å². The standard InChI is InChI=1S/C28H28FN3O3/c1-20(33)23-12-13-26(24(29)18-23)31-14-16-32(17-15-31)27(34)19-25(21-8-4-2-5-9-21)30-28(35)22-10-6-3-7-11-22/h2-13,18,25H,14-17,19H2,1H3,(H,30,35). The topological polar surface area (TPSA) is 69.7 Å². The SMILES string of the molecule is CC(=O)c1ccc(N2CCN(C(=O)CC(NC(=O)c3ccccc3)c3ccccc3)CC2)c(F)c1. The van der Waals surface area contributed by atoms with E-state index in [1.807, 2.05) is 41.3 Å². The fourth-order valence-electron chi connectivity index (χ4n) is 4.25. The molecule has 1 aliphatic rings. The van der Waals surface area contributed by atoms with Gasteiger partial charge in [-0.05, 0) is 42.8 Å². The third-order valence-corrected chi connectivity index (χ3v) is 6.25. The van der Waals surface area contributed by atoms with Gasteiger partial charge in [-0.1, -0.05) is 48.5 Å². The summed E-state index contributed by atoms with van der Waals surface area (Å²) in [5, 5.41) is 3.00. The summed E-state index contributed by atoms with van der Waals surface area (Å²) in [6.07, 6.45) is 0.129. The van der Waals surface area contributed by atoms with Crippen molar-refractivity contribution >= 4 is 23.3 Å². The Morgan fingerprint density at radius 2 is 1.49 bits per heavy atom. The van der Waals surface area contributed by atoms with Crippen LogP contribution in [0.5, 0.6) is 0 Å². The predicted octanol–water partition coefficient (Wildman–Crippen LogP) is 4.24. The Morgan fingerprint density at radius 3 is 2.09 bits per heavy atom.